The van der Waals surface area contributed by atoms with Crippen molar-refractivity contribution in [2.45, 2.75) is 45.3 Å². The Kier molecular flexibility index (Phi) is 8.40. The van der Waals surface area contributed by atoms with E-state index >= 15 is 0 Å². The molecule has 80 valence electrons. The second-order valence-electron chi connectivity index (χ2n) is 3.04. The van der Waals surface area contributed by atoms with Crippen LogP contribution in [0.25, 0.3) is 0 Å². The average Bonchev–Trinajstić information content (AvgIpc) is 2.70. The van der Waals surface area contributed by atoms with Crippen molar-refractivity contribution >= 4 is 0 Å². The lowest BCUT2D eigenvalue weighted by Gasteiger charge is -2.16. The normalized spacial score (nSPS) is 23.5. The maximum Gasteiger partial charge on any atom is 0.0591 e. The Morgan fingerprint density at radius 3 is 2.62 bits per heavy atom. The van der Waals surface area contributed by atoms with E-state index in [0.717, 1.165) is 19.4 Å². The van der Waals surface area contributed by atoms with E-state index in [4.69, 9.17) is 9.84 Å². The Labute approximate surface area is 81.5 Å². The predicted octanol–water partition coefficient (Wildman–Crippen LogP) is 1.16. The second kappa shape index (κ2) is 8.48. The van der Waals surface area contributed by atoms with Crippen LogP contribution >= 0.6 is 0 Å². The van der Waals surface area contributed by atoms with Crippen LogP contribution in [0.2, 0.25) is 0 Å². The van der Waals surface area contributed by atoms with Gasteiger partial charge in [0.15, 0.2) is 0 Å². The van der Waals surface area contributed by atoms with E-state index < -0.39 is 0 Å². The van der Waals surface area contributed by atoms with Gasteiger partial charge in [-0.25, -0.2) is 0 Å². The van der Waals surface area contributed by atoms with Gasteiger partial charge in [-0.15, -0.1) is 0 Å². The van der Waals surface area contributed by atoms with E-state index in [1.165, 1.54) is 6.42 Å². The van der Waals surface area contributed by atoms with Crippen molar-refractivity contribution in [3.8, 4) is 0 Å². The average molecular weight is 189 g/mol. The summed E-state index contributed by atoms with van der Waals surface area (Å²) in [6.45, 7) is 5.10. The van der Waals surface area contributed by atoms with Crippen LogP contribution in [0.3, 0.4) is 0 Å². The monoisotopic (exact) mass is 189 g/mol. The van der Waals surface area contributed by atoms with Gasteiger partial charge in [0.05, 0.1) is 12.7 Å². The minimum atomic E-state index is 0.205. The van der Waals surface area contributed by atoms with Crippen LogP contribution in [0.1, 0.15) is 33.1 Å². The van der Waals surface area contributed by atoms with Gasteiger partial charge in [0.1, 0.15) is 0 Å². The molecule has 0 saturated carbocycles. The van der Waals surface area contributed by atoms with Crippen molar-refractivity contribution in [2.75, 3.05) is 20.3 Å². The van der Waals surface area contributed by atoms with Crippen LogP contribution in [-0.4, -0.2) is 37.5 Å². The summed E-state index contributed by atoms with van der Waals surface area (Å²) < 4.78 is 5.44. The van der Waals surface area contributed by atoms with Crippen LogP contribution in [-0.2, 0) is 4.74 Å². The zero-order valence-electron chi connectivity index (χ0n) is 9.05. The van der Waals surface area contributed by atoms with Crippen LogP contribution in [0.15, 0.2) is 0 Å². The summed E-state index contributed by atoms with van der Waals surface area (Å²) in [5.74, 6) is 0. The number of nitrogens with one attached hydrogen (secondary N) is 1. The first-order valence-electron chi connectivity index (χ1n) is 5.26. The molecule has 3 nitrogen and oxygen atoms in total. The molecular weight excluding hydrogens is 166 g/mol. The fourth-order valence-corrected chi connectivity index (χ4v) is 1.43. The summed E-state index contributed by atoms with van der Waals surface area (Å²) in [6, 6.07) is 0.207. The largest absolute Gasteiger partial charge is 0.395 e. The predicted molar refractivity (Wildman–Crippen MR) is 54.9 cm³/mol. The molecule has 1 aliphatic heterocycles. The van der Waals surface area contributed by atoms with Gasteiger partial charge in [-0.05, 0) is 26.3 Å². The first kappa shape index (κ1) is 12.9. The summed E-state index contributed by atoms with van der Waals surface area (Å²) in [7, 11) is 1.87. The molecular formula is C10H23NO2. The summed E-state index contributed by atoms with van der Waals surface area (Å²) in [4.78, 5) is 0. The molecule has 2 N–H and O–H groups in total. The zero-order valence-corrected chi connectivity index (χ0v) is 9.05. The van der Waals surface area contributed by atoms with Gasteiger partial charge in [0, 0.05) is 12.6 Å². The Bertz CT molecular complexity index is 99.1. The molecule has 13 heavy (non-hydrogen) atoms. The molecule has 0 bridgehead atoms. The Hall–Kier alpha value is -0.120. The fraction of sp³-hybridized carbons (Fsp3) is 1.00. The van der Waals surface area contributed by atoms with Crippen LogP contribution in [0.4, 0.5) is 0 Å². The van der Waals surface area contributed by atoms with Crippen LogP contribution < -0.4 is 5.32 Å². The molecule has 0 aliphatic carbocycles. The maximum absolute atomic E-state index is 8.87. The van der Waals surface area contributed by atoms with Gasteiger partial charge in [-0.2, -0.15) is 0 Å². The number of hydrogen-bond donors (Lipinski definition) is 2. The van der Waals surface area contributed by atoms with E-state index in [9.17, 15) is 0 Å². The number of aliphatic hydroxyl groups excluding tert-OH is 1. The van der Waals surface area contributed by atoms with Crippen molar-refractivity contribution in [2.24, 2.45) is 0 Å². The molecule has 1 aliphatic rings. The van der Waals surface area contributed by atoms with Crippen LogP contribution in [0, 0.1) is 0 Å². The highest BCUT2D eigenvalue weighted by Gasteiger charge is 2.18. The molecule has 1 rings (SSSR count). The number of ether oxygens (including phenoxy) is 1. The fourth-order valence-electron chi connectivity index (χ4n) is 1.43. The third-order valence-corrected chi connectivity index (χ3v) is 2.20. The molecule has 2 unspecified atom stereocenters. The van der Waals surface area contributed by atoms with Gasteiger partial charge >= 0.3 is 0 Å². The molecule has 0 spiro atoms. The molecule has 1 heterocycles. The highest BCUT2D eigenvalue weighted by molar-refractivity contribution is 4.72. The molecule has 0 radical (unpaired) electrons. The highest BCUT2D eigenvalue weighted by atomic mass is 16.5. The third-order valence-electron chi connectivity index (χ3n) is 2.20. The van der Waals surface area contributed by atoms with Gasteiger partial charge in [-0.3, -0.25) is 0 Å². The Morgan fingerprint density at radius 2 is 2.23 bits per heavy atom. The van der Waals surface area contributed by atoms with Gasteiger partial charge < -0.3 is 15.2 Å². The standard InChI is InChI=1S/C8H17NO2.C2H6/c1-9-7(6-10)5-8-3-2-4-11-8;1-2/h7-10H,2-6H2,1H3;1-2H3. The first-order valence-corrected chi connectivity index (χ1v) is 5.26. The second-order valence-corrected chi connectivity index (χ2v) is 3.04. The number of aliphatic hydroxyl groups is 1. The van der Waals surface area contributed by atoms with Crippen molar-refractivity contribution in [3.63, 3.8) is 0 Å². The van der Waals surface area contributed by atoms with E-state index in [-0.39, 0.29) is 12.6 Å². The molecule has 0 aromatic rings. The van der Waals surface area contributed by atoms with Crippen molar-refractivity contribution in [1.29, 1.82) is 0 Å². The molecule has 0 aromatic carbocycles. The first-order chi connectivity index (χ1) is 6.36. The maximum atomic E-state index is 8.87. The van der Waals surface area contributed by atoms with E-state index in [1.54, 1.807) is 0 Å². The minimum Gasteiger partial charge on any atom is -0.395 e. The zero-order chi connectivity index (χ0) is 10.1. The SMILES string of the molecule is CC.CNC(CO)CC1CCCO1. The Morgan fingerprint density at radius 1 is 1.54 bits per heavy atom. The van der Waals surface area contributed by atoms with Gasteiger partial charge in [0.25, 0.3) is 0 Å². The smallest absolute Gasteiger partial charge is 0.0591 e. The van der Waals surface area contributed by atoms with Crippen LogP contribution in [0.5, 0.6) is 0 Å². The minimum absolute atomic E-state index is 0.205. The van der Waals surface area contributed by atoms with Crippen molar-refractivity contribution in [3.05, 3.63) is 0 Å². The van der Waals surface area contributed by atoms with Crippen molar-refractivity contribution < 1.29 is 9.84 Å². The summed E-state index contributed by atoms with van der Waals surface area (Å²) in [6.07, 6.45) is 3.64. The highest BCUT2D eigenvalue weighted by Crippen LogP contribution is 2.16. The molecule has 0 amide bonds. The number of likely N-dealkylation sites (N-methyl/N-ethyl adjacent to an activating group) is 1. The number of rotatable bonds is 4. The topological polar surface area (TPSA) is 41.5 Å². The lowest BCUT2D eigenvalue weighted by atomic mass is 10.1. The molecule has 2 atom stereocenters. The van der Waals surface area contributed by atoms with E-state index in [2.05, 4.69) is 5.32 Å². The van der Waals surface area contributed by atoms with E-state index in [0.29, 0.717) is 6.10 Å². The molecule has 0 aromatic heterocycles. The summed E-state index contributed by atoms with van der Waals surface area (Å²) in [5.41, 5.74) is 0. The third kappa shape index (κ3) is 5.24. The molecule has 1 fully saturated rings. The lowest BCUT2D eigenvalue weighted by Crippen LogP contribution is -2.32. The quantitative estimate of drug-likeness (QED) is 0.697. The number of hydrogen-bond acceptors (Lipinski definition) is 3. The van der Waals surface area contributed by atoms with Gasteiger partial charge in [0.2, 0.25) is 0 Å². The Balaban J connectivity index is 0.000000671. The summed E-state index contributed by atoms with van der Waals surface area (Å²) >= 11 is 0. The lowest BCUT2D eigenvalue weighted by molar-refractivity contribution is 0.0862. The summed E-state index contributed by atoms with van der Waals surface area (Å²) in [5, 5.41) is 11.9. The van der Waals surface area contributed by atoms with E-state index in [1.807, 2.05) is 20.9 Å². The van der Waals surface area contributed by atoms with Gasteiger partial charge in [-0.1, -0.05) is 13.8 Å². The van der Waals surface area contributed by atoms with Crippen molar-refractivity contribution in [1.82, 2.24) is 5.32 Å². The molecule has 3 heteroatoms. The molecule has 1 saturated heterocycles.